The highest BCUT2D eigenvalue weighted by atomic mass is 127. The molecular formula is C14H7IN2O4. The lowest BCUT2D eigenvalue weighted by molar-refractivity contribution is -0.384. The summed E-state index contributed by atoms with van der Waals surface area (Å²) in [5.41, 5.74) is 0.493. The maximum atomic E-state index is 12.4. The molecule has 0 fully saturated rings. The van der Waals surface area contributed by atoms with Crippen LogP contribution in [0, 0.1) is 13.7 Å². The molecule has 1 heterocycles. The second kappa shape index (κ2) is 4.92. The van der Waals surface area contributed by atoms with Crippen LogP contribution in [-0.2, 0) is 0 Å². The first-order chi connectivity index (χ1) is 9.99. The smallest absolute Gasteiger partial charge is 0.268 e. The number of imide groups is 1. The van der Waals surface area contributed by atoms with Crippen LogP contribution in [0.2, 0.25) is 0 Å². The largest absolute Gasteiger partial charge is 0.270 e. The van der Waals surface area contributed by atoms with Gasteiger partial charge in [-0.1, -0.05) is 6.07 Å². The summed E-state index contributed by atoms with van der Waals surface area (Å²) in [6, 6.07) is 10.6. The number of hydrogen-bond acceptors (Lipinski definition) is 4. The molecule has 104 valence electrons. The van der Waals surface area contributed by atoms with Gasteiger partial charge in [-0.25, -0.2) is 4.90 Å². The molecule has 7 heteroatoms. The van der Waals surface area contributed by atoms with E-state index in [2.05, 4.69) is 22.6 Å². The molecule has 0 atom stereocenters. The zero-order chi connectivity index (χ0) is 15.1. The Kier molecular flexibility index (Phi) is 3.20. The van der Waals surface area contributed by atoms with Gasteiger partial charge in [-0.3, -0.25) is 19.7 Å². The van der Waals surface area contributed by atoms with Gasteiger partial charge in [0.15, 0.2) is 0 Å². The fourth-order valence-electron chi connectivity index (χ4n) is 2.19. The van der Waals surface area contributed by atoms with Crippen molar-refractivity contribution in [1.82, 2.24) is 0 Å². The molecule has 1 aliphatic rings. The van der Waals surface area contributed by atoms with E-state index in [1.807, 2.05) is 6.07 Å². The first-order valence-corrected chi connectivity index (χ1v) is 6.99. The second-order valence-electron chi connectivity index (χ2n) is 4.41. The Labute approximate surface area is 132 Å². The molecule has 0 bridgehead atoms. The van der Waals surface area contributed by atoms with Crippen LogP contribution in [0.15, 0.2) is 42.5 Å². The molecule has 6 nitrogen and oxygen atoms in total. The number of non-ortho nitro benzene ring substituents is 1. The molecule has 2 amide bonds. The Balaban J connectivity index is 2.10. The van der Waals surface area contributed by atoms with Gasteiger partial charge in [0.05, 0.1) is 21.7 Å². The summed E-state index contributed by atoms with van der Waals surface area (Å²) in [5.74, 6) is -1.01. The van der Waals surface area contributed by atoms with Gasteiger partial charge in [-0.2, -0.15) is 0 Å². The highest BCUT2D eigenvalue weighted by Crippen LogP contribution is 2.31. The fourth-order valence-corrected chi connectivity index (χ4v) is 2.72. The molecule has 0 saturated carbocycles. The molecule has 1 aliphatic heterocycles. The van der Waals surface area contributed by atoms with Gasteiger partial charge < -0.3 is 0 Å². The number of hydrogen-bond donors (Lipinski definition) is 0. The molecule has 0 unspecified atom stereocenters. The number of halogens is 1. The van der Waals surface area contributed by atoms with Crippen LogP contribution in [0.25, 0.3) is 0 Å². The van der Waals surface area contributed by atoms with Crippen molar-refractivity contribution >= 4 is 45.8 Å². The maximum absolute atomic E-state index is 12.4. The van der Waals surface area contributed by atoms with E-state index in [1.165, 1.54) is 12.1 Å². The van der Waals surface area contributed by atoms with Crippen LogP contribution in [0.5, 0.6) is 0 Å². The monoisotopic (exact) mass is 394 g/mol. The molecule has 2 aromatic rings. The Hall–Kier alpha value is -2.29. The topological polar surface area (TPSA) is 80.5 Å². The zero-order valence-electron chi connectivity index (χ0n) is 10.4. The van der Waals surface area contributed by atoms with Gasteiger partial charge in [0.2, 0.25) is 0 Å². The van der Waals surface area contributed by atoms with Crippen LogP contribution < -0.4 is 4.90 Å². The van der Waals surface area contributed by atoms with Gasteiger partial charge in [0.25, 0.3) is 17.5 Å². The van der Waals surface area contributed by atoms with Crippen molar-refractivity contribution in [2.24, 2.45) is 0 Å². The molecule has 0 radical (unpaired) electrons. The van der Waals surface area contributed by atoms with E-state index in [4.69, 9.17) is 0 Å². The summed E-state index contributed by atoms with van der Waals surface area (Å²) in [7, 11) is 0. The standard InChI is InChI=1S/C14H7IN2O4/c15-8-2-1-3-9(6-8)16-13(18)11-5-4-10(17(20)21)7-12(11)14(16)19/h1-7H. The van der Waals surface area contributed by atoms with E-state index in [0.717, 1.165) is 14.5 Å². The summed E-state index contributed by atoms with van der Waals surface area (Å²) in [6.45, 7) is 0. The quantitative estimate of drug-likeness (QED) is 0.340. The number of carbonyl (C=O) groups excluding carboxylic acids is 2. The van der Waals surface area contributed by atoms with E-state index in [1.54, 1.807) is 18.2 Å². The Morgan fingerprint density at radius 2 is 1.71 bits per heavy atom. The normalized spacial score (nSPS) is 13.5. The Bertz CT molecular complexity index is 803. The zero-order valence-corrected chi connectivity index (χ0v) is 12.6. The fraction of sp³-hybridized carbons (Fsp3) is 0. The van der Waals surface area contributed by atoms with Crippen LogP contribution >= 0.6 is 22.6 Å². The van der Waals surface area contributed by atoms with E-state index in [-0.39, 0.29) is 16.8 Å². The van der Waals surface area contributed by atoms with Crippen LogP contribution in [0.4, 0.5) is 11.4 Å². The van der Waals surface area contributed by atoms with Crippen molar-refractivity contribution in [3.05, 3.63) is 67.3 Å². The predicted octanol–water partition coefficient (Wildman–Crippen LogP) is 3.00. The summed E-state index contributed by atoms with van der Waals surface area (Å²) in [6.07, 6.45) is 0. The Morgan fingerprint density at radius 3 is 2.38 bits per heavy atom. The third-order valence-corrected chi connectivity index (χ3v) is 3.82. The molecule has 2 aromatic carbocycles. The number of anilines is 1. The number of amides is 2. The molecule has 0 spiro atoms. The van der Waals surface area contributed by atoms with Crippen LogP contribution in [-0.4, -0.2) is 16.7 Å². The number of nitro groups is 1. The summed E-state index contributed by atoms with van der Waals surface area (Å²) in [5, 5.41) is 10.8. The van der Waals surface area contributed by atoms with Crippen LogP contribution in [0.3, 0.4) is 0 Å². The highest BCUT2D eigenvalue weighted by Gasteiger charge is 2.37. The lowest BCUT2D eigenvalue weighted by Crippen LogP contribution is -2.29. The van der Waals surface area contributed by atoms with Crippen molar-refractivity contribution in [2.75, 3.05) is 4.90 Å². The first kappa shape index (κ1) is 13.7. The number of fused-ring (bicyclic) bond motifs is 1. The van der Waals surface area contributed by atoms with E-state index >= 15 is 0 Å². The number of carbonyl (C=O) groups is 2. The van der Waals surface area contributed by atoms with Crippen molar-refractivity contribution in [3.8, 4) is 0 Å². The summed E-state index contributed by atoms with van der Waals surface area (Å²) >= 11 is 2.08. The highest BCUT2D eigenvalue weighted by molar-refractivity contribution is 14.1. The van der Waals surface area contributed by atoms with Gasteiger partial charge in [-0.15, -0.1) is 0 Å². The van der Waals surface area contributed by atoms with Crippen molar-refractivity contribution in [1.29, 1.82) is 0 Å². The maximum Gasteiger partial charge on any atom is 0.270 e. The van der Waals surface area contributed by atoms with E-state index < -0.39 is 16.7 Å². The molecule has 0 aromatic heterocycles. The van der Waals surface area contributed by atoms with Gasteiger partial charge in [0.1, 0.15) is 0 Å². The second-order valence-corrected chi connectivity index (χ2v) is 5.66. The minimum atomic E-state index is -0.591. The summed E-state index contributed by atoms with van der Waals surface area (Å²) in [4.78, 5) is 35.9. The first-order valence-electron chi connectivity index (χ1n) is 5.92. The third kappa shape index (κ3) is 2.19. The van der Waals surface area contributed by atoms with Crippen molar-refractivity contribution in [3.63, 3.8) is 0 Å². The van der Waals surface area contributed by atoms with Gasteiger partial charge in [0, 0.05) is 15.7 Å². The SMILES string of the molecule is O=C1c2ccc([N+](=O)[O-])cc2C(=O)N1c1cccc(I)c1. The van der Waals surface area contributed by atoms with Crippen molar-refractivity contribution < 1.29 is 14.5 Å². The molecule has 3 rings (SSSR count). The Morgan fingerprint density at radius 1 is 1.00 bits per heavy atom. The van der Waals surface area contributed by atoms with Crippen LogP contribution in [0.1, 0.15) is 20.7 Å². The minimum Gasteiger partial charge on any atom is -0.268 e. The van der Waals surface area contributed by atoms with Crippen molar-refractivity contribution in [2.45, 2.75) is 0 Å². The third-order valence-electron chi connectivity index (χ3n) is 3.15. The van der Waals surface area contributed by atoms with E-state index in [0.29, 0.717) is 5.69 Å². The summed E-state index contributed by atoms with van der Waals surface area (Å²) < 4.78 is 0.882. The molecule has 0 saturated heterocycles. The number of nitro benzene ring substituents is 1. The molecule has 0 aliphatic carbocycles. The number of nitrogens with zero attached hydrogens (tertiary/aromatic N) is 2. The number of rotatable bonds is 2. The lowest BCUT2D eigenvalue weighted by atomic mass is 10.1. The lowest BCUT2D eigenvalue weighted by Gasteiger charge is -2.13. The predicted molar refractivity (Wildman–Crippen MR) is 83.4 cm³/mol. The minimum absolute atomic E-state index is 0.0630. The molecule has 21 heavy (non-hydrogen) atoms. The average molecular weight is 394 g/mol. The van der Waals surface area contributed by atoms with E-state index in [9.17, 15) is 19.7 Å². The average Bonchev–Trinajstić information content (AvgIpc) is 2.70. The molecule has 0 N–H and O–H groups in total. The number of benzene rings is 2. The van der Waals surface area contributed by atoms with Gasteiger partial charge >= 0.3 is 0 Å². The molecular weight excluding hydrogens is 387 g/mol. The van der Waals surface area contributed by atoms with Gasteiger partial charge in [-0.05, 0) is 46.9 Å².